The van der Waals surface area contributed by atoms with Gasteiger partial charge in [0.05, 0.1) is 18.9 Å². The number of carbonyl (C=O) groups excluding carboxylic acids is 2. The van der Waals surface area contributed by atoms with Gasteiger partial charge in [0.15, 0.2) is 0 Å². The van der Waals surface area contributed by atoms with E-state index in [2.05, 4.69) is 11.2 Å². The number of carbonyl (C=O) groups is 2. The third-order valence-corrected chi connectivity index (χ3v) is 6.32. The smallest absolute Gasteiger partial charge is 0.262 e. The van der Waals surface area contributed by atoms with Gasteiger partial charge in [-0.15, -0.1) is 0 Å². The highest BCUT2D eigenvalue weighted by Gasteiger charge is 2.34. The number of benzene rings is 3. The molecule has 0 N–H and O–H groups in total. The second-order valence-electron chi connectivity index (χ2n) is 8.75. The Labute approximate surface area is 204 Å². The lowest BCUT2D eigenvalue weighted by Gasteiger charge is -2.25. The highest BCUT2D eigenvalue weighted by molar-refractivity contribution is 6.04. The minimum atomic E-state index is -0.385. The Balaban J connectivity index is 1.58. The van der Waals surface area contributed by atoms with Crippen LogP contribution in [0.15, 0.2) is 71.8 Å². The number of ether oxygens (including phenoxy) is 1. The molecule has 0 saturated heterocycles. The molecule has 0 saturated carbocycles. The Morgan fingerprint density at radius 2 is 1.71 bits per heavy atom. The predicted octanol–water partition coefficient (Wildman–Crippen LogP) is 4.90. The second kappa shape index (κ2) is 10.1. The highest BCUT2D eigenvalue weighted by Crippen LogP contribution is 2.33. The highest BCUT2D eigenvalue weighted by atomic mass is 19.1. The van der Waals surface area contributed by atoms with Crippen molar-refractivity contribution < 1.29 is 18.7 Å². The van der Waals surface area contributed by atoms with Gasteiger partial charge in [0, 0.05) is 19.0 Å². The van der Waals surface area contributed by atoms with E-state index in [4.69, 9.17) is 4.74 Å². The number of amides is 2. The molecule has 1 atom stereocenters. The van der Waals surface area contributed by atoms with Crippen LogP contribution in [0.25, 0.3) is 0 Å². The quantitative estimate of drug-likeness (QED) is 0.512. The largest absolute Gasteiger partial charge is 0.497 e. The molecule has 1 aliphatic rings. The van der Waals surface area contributed by atoms with Crippen LogP contribution >= 0.6 is 0 Å². The molecule has 0 unspecified atom stereocenters. The zero-order valence-electron chi connectivity index (χ0n) is 20.3. The fraction of sp³-hybridized carbons (Fsp3) is 0.250. The third kappa shape index (κ3) is 5.24. The Hall–Kier alpha value is -4.00. The number of aryl methyl sites for hydroxylation is 2. The summed E-state index contributed by atoms with van der Waals surface area (Å²) in [6.07, 6.45) is 0.496. The van der Waals surface area contributed by atoms with Crippen molar-refractivity contribution in [2.75, 3.05) is 20.7 Å². The summed E-state index contributed by atoms with van der Waals surface area (Å²) in [5, 5.41) is 6.10. The van der Waals surface area contributed by atoms with Gasteiger partial charge in [-0.25, -0.2) is 9.40 Å². The molecule has 6 nitrogen and oxygen atoms in total. The van der Waals surface area contributed by atoms with Crippen molar-refractivity contribution in [3.8, 4) is 5.75 Å². The first-order chi connectivity index (χ1) is 16.8. The standard InChI is InChI=1S/C28H28FN3O3/c1-18-5-6-22(15-19(18)2)25-16-26(20-7-11-23(29)12-8-20)32(30-25)27(33)17-31(3)28(34)21-9-13-24(35-4)14-10-21/h5-15,26H,16-17H2,1-4H3/t26-/m1/s1. The monoisotopic (exact) mass is 473 g/mol. The van der Waals surface area contributed by atoms with E-state index < -0.39 is 0 Å². The summed E-state index contributed by atoms with van der Waals surface area (Å²) in [6, 6.07) is 18.5. The lowest BCUT2D eigenvalue weighted by Crippen LogP contribution is -2.39. The summed E-state index contributed by atoms with van der Waals surface area (Å²) >= 11 is 0. The van der Waals surface area contributed by atoms with E-state index in [0.29, 0.717) is 17.7 Å². The van der Waals surface area contributed by atoms with Gasteiger partial charge in [0.2, 0.25) is 0 Å². The first-order valence-corrected chi connectivity index (χ1v) is 11.4. The average Bonchev–Trinajstić information content (AvgIpc) is 3.31. The third-order valence-electron chi connectivity index (χ3n) is 6.32. The maximum atomic E-state index is 13.6. The van der Waals surface area contributed by atoms with Crippen molar-refractivity contribution in [2.45, 2.75) is 26.3 Å². The maximum absolute atomic E-state index is 13.6. The molecule has 3 aromatic carbocycles. The van der Waals surface area contributed by atoms with Crippen molar-refractivity contribution in [1.29, 1.82) is 0 Å². The molecule has 0 bridgehead atoms. The maximum Gasteiger partial charge on any atom is 0.262 e. The first kappa shape index (κ1) is 24.1. The lowest BCUT2D eigenvalue weighted by atomic mass is 9.96. The van der Waals surface area contributed by atoms with Gasteiger partial charge in [-0.05, 0) is 78.6 Å². The van der Waals surface area contributed by atoms with E-state index >= 15 is 0 Å². The Kier molecular flexibility index (Phi) is 6.96. The molecule has 4 rings (SSSR count). The molecule has 0 fully saturated rings. The van der Waals surface area contributed by atoms with Gasteiger partial charge in [-0.2, -0.15) is 5.10 Å². The van der Waals surface area contributed by atoms with Crippen LogP contribution in [-0.2, 0) is 4.79 Å². The topological polar surface area (TPSA) is 62.2 Å². The molecular formula is C28H28FN3O3. The number of rotatable bonds is 6. The van der Waals surface area contributed by atoms with Crippen molar-refractivity contribution >= 4 is 17.5 Å². The predicted molar refractivity (Wildman–Crippen MR) is 133 cm³/mol. The molecule has 2 amide bonds. The average molecular weight is 474 g/mol. The molecule has 0 radical (unpaired) electrons. The van der Waals surface area contributed by atoms with Crippen molar-refractivity contribution in [3.63, 3.8) is 0 Å². The van der Waals surface area contributed by atoms with E-state index in [-0.39, 0.29) is 30.2 Å². The first-order valence-electron chi connectivity index (χ1n) is 11.4. The van der Waals surface area contributed by atoms with Gasteiger partial charge < -0.3 is 9.64 Å². The normalized spacial score (nSPS) is 15.1. The van der Waals surface area contributed by atoms with Crippen LogP contribution in [0.3, 0.4) is 0 Å². The van der Waals surface area contributed by atoms with Gasteiger partial charge in [-0.3, -0.25) is 9.59 Å². The molecule has 0 aliphatic carbocycles. The van der Waals surface area contributed by atoms with Crippen LogP contribution in [-0.4, -0.2) is 48.1 Å². The minimum absolute atomic E-state index is 0.147. The van der Waals surface area contributed by atoms with Crippen LogP contribution < -0.4 is 4.74 Å². The Bertz CT molecular complexity index is 1270. The lowest BCUT2D eigenvalue weighted by molar-refractivity contribution is -0.133. The van der Waals surface area contributed by atoms with Gasteiger partial charge in [-0.1, -0.05) is 24.3 Å². The van der Waals surface area contributed by atoms with Crippen molar-refractivity contribution in [2.24, 2.45) is 5.10 Å². The fourth-order valence-electron chi connectivity index (χ4n) is 4.08. The molecule has 1 aliphatic heterocycles. The molecule has 3 aromatic rings. The van der Waals surface area contributed by atoms with Crippen LogP contribution in [0.1, 0.15) is 45.1 Å². The molecule has 35 heavy (non-hydrogen) atoms. The summed E-state index contributed by atoms with van der Waals surface area (Å²) < 4.78 is 18.7. The number of hydrogen-bond acceptors (Lipinski definition) is 4. The van der Waals surface area contributed by atoms with Crippen molar-refractivity contribution in [1.82, 2.24) is 9.91 Å². The van der Waals surface area contributed by atoms with E-state index in [1.165, 1.54) is 27.6 Å². The van der Waals surface area contributed by atoms with E-state index in [1.54, 1.807) is 50.6 Å². The van der Waals surface area contributed by atoms with Crippen LogP contribution in [0, 0.1) is 19.7 Å². The number of hydrazone groups is 1. The summed E-state index contributed by atoms with van der Waals surface area (Å²) in [4.78, 5) is 27.6. The van der Waals surface area contributed by atoms with Crippen LogP contribution in [0.5, 0.6) is 5.75 Å². The van der Waals surface area contributed by atoms with Crippen molar-refractivity contribution in [3.05, 3.63) is 100 Å². The molecule has 1 heterocycles. The van der Waals surface area contributed by atoms with Gasteiger partial charge in [0.25, 0.3) is 11.8 Å². The van der Waals surface area contributed by atoms with Crippen LogP contribution in [0.4, 0.5) is 4.39 Å². The SMILES string of the molecule is COc1ccc(C(=O)N(C)CC(=O)N2N=C(c3ccc(C)c(C)c3)C[C@@H]2c2ccc(F)cc2)cc1. The summed E-state index contributed by atoms with van der Waals surface area (Å²) in [5.41, 5.74) is 5.27. The van der Waals surface area contributed by atoms with Gasteiger partial charge in [0.1, 0.15) is 18.1 Å². The minimum Gasteiger partial charge on any atom is -0.497 e. The fourth-order valence-corrected chi connectivity index (χ4v) is 4.08. The number of halogens is 1. The summed E-state index contributed by atoms with van der Waals surface area (Å²) in [6.45, 7) is 3.93. The van der Waals surface area contributed by atoms with E-state index in [9.17, 15) is 14.0 Å². The molecule has 7 heteroatoms. The molecule has 0 spiro atoms. The molecular weight excluding hydrogens is 445 g/mol. The zero-order valence-corrected chi connectivity index (χ0v) is 20.3. The Morgan fingerprint density at radius 3 is 2.34 bits per heavy atom. The van der Waals surface area contributed by atoms with E-state index in [1.807, 2.05) is 26.0 Å². The van der Waals surface area contributed by atoms with E-state index in [0.717, 1.165) is 22.4 Å². The zero-order chi connectivity index (χ0) is 25.1. The number of likely N-dealkylation sites (N-methyl/N-ethyl adjacent to an activating group) is 1. The Morgan fingerprint density at radius 1 is 1.03 bits per heavy atom. The summed E-state index contributed by atoms with van der Waals surface area (Å²) in [5.74, 6) is -0.295. The molecule has 180 valence electrons. The number of methoxy groups -OCH3 is 1. The second-order valence-corrected chi connectivity index (χ2v) is 8.75. The summed E-state index contributed by atoms with van der Waals surface area (Å²) in [7, 11) is 3.14. The van der Waals surface area contributed by atoms with Crippen LogP contribution in [0.2, 0.25) is 0 Å². The number of nitrogens with zero attached hydrogens (tertiary/aromatic N) is 3. The number of hydrogen-bond donors (Lipinski definition) is 0. The molecule has 0 aromatic heterocycles. The van der Waals surface area contributed by atoms with Gasteiger partial charge >= 0.3 is 0 Å².